The van der Waals surface area contributed by atoms with Crippen LogP contribution in [0.4, 0.5) is 0 Å². The normalized spacial score (nSPS) is 15.4. The van der Waals surface area contributed by atoms with Gasteiger partial charge in [-0.3, -0.25) is 0 Å². The lowest BCUT2D eigenvalue weighted by atomic mass is 10.0. The molecule has 2 rings (SSSR count). The van der Waals surface area contributed by atoms with Gasteiger partial charge in [-0.05, 0) is 23.3 Å². The fourth-order valence-electron chi connectivity index (χ4n) is 1.64. The number of hydrogen-bond acceptors (Lipinski definition) is 2. The summed E-state index contributed by atoms with van der Waals surface area (Å²) in [7, 11) is 0. The molecule has 0 fully saturated rings. The molecule has 0 amide bonds. The van der Waals surface area contributed by atoms with E-state index in [0.29, 0.717) is 6.42 Å². The molecule has 0 bridgehead atoms. The number of rotatable bonds is 2. The zero-order valence-electron chi connectivity index (χ0n) is 7.86. The van der Waals surface area contributed by atoms with E-state index in [2.05, 4.69) is 5.92 Å². The first kappa shape index (κ1) is 9.11. The fraction of sp³-hybridized carbons (Fsp3) is 0.333. The second-order valence-electron chi connectivity index (χ2n) is 3.39. The van der Waals surface area contributed by atoms with Crippen molar-refractivity contribution in [3.63, 3.8) is 0 Å². The lowest BCUT2D eigenvalue weighted by Crippen LogP contribution is -1.96. The van der Waals surface area contributed by atoms with Crippen LogP contribution in [-0.2, 0) is 6.42 Å². The van der Waals surface area contributed by atoms with Crippen LogP contribution in [0.1, 0.15) is 23.7 Å². The zero-order valence-corrected chi connectivity index (χ0v) is 7.86. The van der Waals surface area contributed by atoms with Crippen molar-refractivity contribution in [2.75, 3.05) is 6.61 Å². The number of hydrogen-bond donors (Lipinski definition) is 1. The molecule has 1 aromatic carbocycles. The van der Waals surface area contributed by atoms with E-state index in [1.165, 1.54) is 5.56 Å². The molecule has 1 atom stereocenters. The SMILES string of the molecule is C#CCC(O)c1ccc2c(c1)CCO2. The van der Waals surface area contributed by atoms with Crippen molar-refractivity contribution in [1.82, 2.24) is 0 Å². The Kier molecular flexibility index (Phi) is 2.43. The molecule has 1 aliphatic heterocycles. The molecule has 1 unspecified atom stereocenters. The van der Waals surface area contributed by atoms with Crippen molar-refractivity contribution in [1.29, 1.82) is 0 Å². The molecule has 0 saturated carbocycles. The second kappa shape index (κ2) is 3.73. The first-order valence-electron chi connectivity index (χ1n) is 4.68. The van der Waals surface area contributed by atoms with Gasteiger partial charge in [0.25, 0.3) is 0 Å². The van der Waals surface area contributed by atoms with E-state index in [0.717, 1.165) is 24.3 Å². The third kappa shape index (κ3) is 1.59. The molecule has 1 heterocycles. The predicted octanol–water partition coefficient (Wildman–Crippen LogP) is 1.68. The molecule has 1 aromatic rings. The molecule has 0 aliphatic carbocycles. The van der Waals surface area contributed by atoms with E-state index < -0.39 is 6.10 Å². The highest BCUT2D eigenvalue weighted by molar-refractivity contribution is 5.40. The Morgan fingerprint density at radius 2 is 2.43 bits per heavy atom. The van der Waals surface area contributed by atoms with Crippen molar-refractivity contribution in [2.45, 2.75) is 18.9 Å². The molecular weight excluding hydrogens is 176 g/mol. The number of aliphatic hydroxyl groups is 1. The van der Waals surface area contributed by atoms with Gasteiger partial charge in [-0.25, -0.2) is 0 Å². The Labute approximate surface area is 83.5 Å². The maximum atomic E-state index is 9.67. The minimum Gasteiger partial charge on any atom is -0.493 e. The Bertz CT molecular complexity index is 376. The predicted molar refractivity (Wildman–Crippen MR) is 54.1 cm³/mol. The van der Waals surface area contributed by atoms with Crippen LogP contribution >= 0.6 is 0 Å². The summed E-state index contributed by atoms with van der Waals surface area (Å²) in [5.41, 5.74) is 2.05. The maximum absolute atomic E-state index is 9.67. The van der Waals surface area contributed by atoms with Crippen molar-refractivity contribution in [3.05, 3.63) is 29.3 Å². The summed E-state index contributed by atoms with van der Waals surface area (Å²) in [6.45, 7) is 0.740. The molecule has 1 N–H and O–H groups in total. The third-order valence-electron chi connectivity index (χ3n) is 2.41. The van der Waals surface area contributed by atoms with E-state index in [1.807, 2.05) is 18.2 Å². The van der Waals surface area contributed by atoms with Crippen molar-refractivity contribution in [2.24, 2.45) is 0 Å². The van der Waals surface area contributed by atoms with E-state index in [1.54, 1.807) is 0 Å². The molecule has 2 heteroatoms. The largest absolute Gasteiger partial charge is 0.493 e. The summed E-state index contributed by atoms with van der Waals surface area (Å²) in [5, 5.41) is 9.67. The van der Waals surface area contributed by atoms with Crippen molar-refractivity contribution < 1.29 is 9.84 Å². The van der Waals surface area contributed by atoms with Gasteiger partial charge in [-0.2, -0.15) is 0 Å². The first-order valence-corrected chi connectivity index (χ1v) is 4.68. The van der Waals surface area contributed by atoms with Gasteiger partial charge in [0.1, 0.15) is 5.75 Å². The Morgan fingerprint density at radius 1 is 1.57 bits per heavy atom. The van der Waals surface area contributed by atoms with Gasteiger partial charge in [0.05, 0.1) is 12.7 Å². The smallest absolute Gasteiger partial charge is 0.122 e. The number of terminal acetylenes is 1. The van der Waals surface area contributed by atoms with Crippen molar-refractivity contribution >= 4 is 0 Å². The number of benzene rings is 1. The second-order valence-corrected chi connectivity index (χ2v) is 3.39. The molecule has 14 heavy (non-hydrogen) atoms. The zero-order chi connectivity index (χ0) is 9.97. The van der Waals surface area contributed by atoms with Crippen LogP contribution in [0.25, 0.3) is 0 Å². The first-order chi connectivity index (χ1) is 6.81. The molecule has 2 nitrogen and oxygen atoms in total. The Hall–Kier alpha value is -1.46. The average molecular weight is 188 g/mol. The van der Waals surface area contributed by atoms with Crippen LogP contribution in [0.3, 0.4) is 0 Å². The molecule has 0 spiro atoms. The summed E-state index contributed by atoms with van der Waals surface area (Å²) in [4.78, 5) is 0. The maximum Gasteiger partial charge on any atom is 0.122 e. The van der Waals surface area contributed by atoms with Crippen LogP contribution < -0.4 is 4.74 Å². The Balaban J connectivity index is 2.25. The van der Waals surface area contributed by atoms with Gasteiger partial charge in [0.2, 0.25) is 0 Å². The molecular formula is C12H12O2. The highest BCUT2D eigenvalue weighted by atomic mass is 16.5. The van der Waals surface area contributed by atoms with Gasteiger partial charge >= 0.3 is 0 Å². The van der Waals surface area contributed by atoms with E-state index in [9.17, 15) is 5.11 Å². The lowest BCUT2D eigenvalue weighted by Gasteiger charge is -2.08. The van der Waals surface area contributed by atoms with Crippen LogP contribution in [0.2, 0.25) is 0 Å². The van der Waals surface area contributed by atoms with E-state index in [-0.39, 0.29) is 0 Å². The monoisotopic (exact) mass is 188 g/mol. The average Bonchev–Trinajstić information content (AvgIpc) is 2.64. The highest BCUT2D eigenvalue weighted by Crippen LogP contribution is 2.28. The quantitative estimate of drug-likeness (QED) is 0.715. The molecule has 0 saturated heterocycles. The summed E-state index contributed by atoms with van der Waals surface area (Å²) in [5.74, 6) is 3.38. The van der Waals surface area contributed by atoms with Crippen LogP contribution in [-0.4, -0.2) is 11.7 Å². The van der Waals surface area contributed by atoms with E-state index >= 15 is 0 Å². The Morgan fingerprint density at radius 3 is 3.21 bits per heavy atom. The molecule has 72 valence electrons. The minimum atomic E-state index is -0.550. The minimum absolute atomic E-state index is 0.361. The van der Waals surface area contributed by atoms with Gasteiger partial charge in [-0.1, -0.05) is 6.07 Å². The summed E-state index contributed by atoms with van der Waals surface area (Å²) < 4.78 is 5.37. The number of ether oxygens (including phenoxy) is 1. The molecule has 0 aromatic heterocycles. The van der Waals surface area contributed by atoms with Gasteiger partial charge in [0, 0.05) is 12.8 Å². The highest BCUT2D eigenvalue weighted by Gasteiger charge is 2.14. The lowest BCUT2D eigenvalue weighted by molar-refractivity contribution is 0.184. The summed E-state index contributed by atoms with van der Waals surface area (Å²) >= 11 is 0. The van der Waals surface area contributed by atoms with Crippen LogP contribution in [0, 0.1) is 12.3 Å². The van der Waals surface area contributed by atoms with Crippen molar-refractivity contribution in [3.8, 4) is 18.1 Å². The van der Waals surface area contributed by atoms with Gasteiger partial charge < -0.3 is 9.84 Å². The molecule has 0 radical (unpaired) electrons. The summed E-state index contributed by atoms with van der Waals surface area (Å²) in [6.07, 6.45) is 5.88. The van der Waals surface area contributed by atoms with Gasteiger partial charge in [0.15, 0.2) is 0 Å². The van der Waals surface area contributed by atoms with Crippen LogP contribution in [0.5, 0.6) is 5.75 Å². The topological polar surface area (TPSA) is 29.5 Å². The third-order valence-corrected chi connectivity index (χ3v) is 2.41. The standard InChI is InChI=1S/C12H12O2/c1-2-3-11(13)9-4-5-12-10(8-9)6-7-14-12/h1,4-5,8,11,13H,3,6-7H2. The summed E-state index contributed by atoms with van der Waals surface area (Å²) in [6, 6.07) is 5.74. The molecule has 1 aliphatic rings. The fourth-order valence-corrected chi connectivity index (χ4v) is 1.64. The number of fused-ring (bicyclic) bond motifs is 1. The van der Waals surface area contributed by atoms with E-state index in [4.69, 9.17) is 11.2 Å². The number of aliphatic hydroxyl groups excluding tert-OH is 1. The van der Waals surface area contributed by atoms with Gasteiger partial charge in [-0.15, -0.1) is 12.3 Å². The van der Waals surface area contributed by atoms with Crippen LogP contribution in [0.15, 0.2) is 18.2 Å².